The molecule has 74 heavy (non-hydrogen) atoms. The zero-order valence-electron chi connectivity index (χ0n) is 45.7. The first-order valence-corrected chi connectivity index (χ1v) is 30.4. The molecule has 0 unspecified atom stereocenters. The molecule has 3 aromatic heterocycles. The van der Waals surface area contributed by atoms with E-state index in [4.69, 9.17) is 0 Å². The van der Waals surface area contributed by atoms with Crippen LogP contribution in [-0.4, -0.2) is 5.78 Å². The maximum absolute atomic E-state index is 12.4. The van der Waals surface area contributed by atoms with Crippen LogP contribution in [0.4, 0.5) is 0 Å². The van der Waals surface area contributed by atoms with Crippen molar-refractivity contribution in [3.8, 4) is 64.0 Å². The van der Waals surface area contributed by atoms with Gasteiger partial charge in [0.25, 0.3) is 0 Å². The number of Topliss-reactive ketones (excluding diaryl/α,β-unsaturated/α-hetero) is 1. The number of carbonyl (C=O) groups is 1. The van der Waals surface area contributed by atoms with Gasteiger partial charge in [-0.3, -0.25) is 4.79 Å². The Labute approximate surface area is 454 Å². The summed E-state index contributed by atoms with van der Waals surface area (Å²) in [6.07, 6.45) is 12.8. The van der Waals surface area contributed by atoms with E-state index in [1.165, 1.54) is 154 Å². The van der Waals surface area contributed by atoms with Gasteiger partial charge in [0.15, 0.2) is 5.78 Å². The summed E-state index contributed by atoms with van der Waals surface area (Å²) in [5, 5.41) is 0. The van der Waals surface area contributed by atoms with Gasteiger partial charge in [-0.25, -0.2) is 0 Å². The molecule has 8 aromatic rings. The molecular formula is C70H74OS3. The number of ketones is 1. The van der Waals surface area contributed by atoms with Gasteiger partial charge in [0.05, 0.1) is 0 Å². The van der Waals surface area contributed by atoms with Crippen molar-refractivity contribution in [2.24, 2.45) is 21.7 Å². The summed E-state index contributed by atoms with van der Waals surface area (Å²) in [7, 11) is 0. The molecule has 2 spiro atoms. The Morgan fingerprint density at radius 2 is 0.878 bits per heavy atom. The number of aryl methyl sites for hydroxylation is 1. The zero-order chi connectivity index (χ0) is 51.7. The maximum atomic E-state index is 12.4. The number of benzene rings is 5. The van der Waals surface area contributed by atoms with Crippen LogP contribution in [0.2, 0.25) is 0 Å². The highest BCUT2D eigenvalue weighted by atomic mass is 32.1. The number of thiophene rings is 3. The lowest BCUT2D eigenvalue weighted by Gasteiger charge is -2.64. The SMILES string of the molecule is C=C(C)C(=O)Cc1ccc(-c2ccc(-c3ccc4c(c3)C3(c5cc(-c6cc7sc(-c8ccc9c(c8)C8(c%10cc(C)ccc%10-9)C(CC)(CC)CCCC8(CC)CC)cc7s6)ccc5-4)C(C)(C)CCCC3(C)C)s2)cc1. The Morgan fingerprint density at radius 1 is 0.473 bits per heavy atom. The lowest BCUT2D eigenvalue weighted by atomic mass is 9.39. The van der Waals surface area contributed by atoms with Gasteiger partial charge in [0, 0.05) is 46.2 Å². The van der Waals surface area contributed by atoms with Crippen molar-refractivity contribution in [3.05, 3.63) is 167 Å². The predicted octanol–water partition coefficient (Wildman–Crippen LogP) is 21.3. The van der Waals surface area contributed by atoms with Gasteiger partial charge in [-0.2, -0.15) is 0 Å². The number of hydrogen-bond donors (Lipinski definition) is 0. The van der Waals surface area contributed by atoms with Crippen molar-refractivity contribution >= 4 is 49.2 Å². The first kappa shape index (κ1) is 49.7. The summed E-state index contributed by atoms with van der Waals surface area (Å²) in [5.74, 6) is 0.0958. The molecule has 4 aliphatic rings. The van der Waals surface area contributed by atoms with E-state index in [0.29, 0.717) is 12.0 Å². The molecule has 2 saturated carbocycles. The third-order valence-corrected chi connectivity index (χ3v) is 24.0. The Hall–Kier alpha value is -5.13. The van der Waals surface area contributed by atoms with E-state index >= 15 is 0 Å². The average molecular weight is 1030 g/mol. The second-order valence-corrected chi connectivity index (χ2v) is 27.7. The fraction of sp³-hybridized carbons (Fsp3) is 0.386. The van der Waals surface area contributed by atoms with E-state index in [1.807, 2.05) is 34.0 Å². The van der Waals surface area contributed by atoms with Gasteiger partial charge < -0.3 is 0 Å². The predicted molar refractivity (Wildman–Crippen MR) is 321 cm³/mol. The molecule has 378 valence electrons. The van der Waals surface area contributed by atoms with Crippen molar-refractivity contribution in [1.29, 1.82) is 0 Å². The fourth-order valence-electron chi connectivity index (χ4n) is 16.9. The third-order valence-electron chi connectivity index (χ3n) is 20.4. The molecule has 0 atom stereocenters. The number of fused-ring (bicyclic) bond motifs is 11. The second kappa shape index (κ2) is 17.7. The van der Waals surface area contributed by atoms with Gasteiger partial charge in [0.2, 0.25) is 0 Å². The van der Waals surface area contributed by atoms with Crippen LogP contribution in [0.15, 0.2) is 133 Å². The van der Waals surface area contributed by atoms with Crippen LogP contribution in [0.3, 0.4) is 0 Å². The molecule has 0 amide bonds. The van der Waals surface area contributed by atoms with Crippen molar-refractivity contribution < 1.29 is 4.79 Å². The molecule has 4 aliphatic carbocycles. The van der Waals surface area contributed by atoms with Crippen LogP contribution >= 0.6 is 34.0 Å². The third kappa shape index (κ3) is 6.85. The van der Waals surface area contributed by atoms with Crippen molar-refractivity contribution in [3.63, 3.8) is 0 Å². The van der Waals surface area contributed by atoms with E-state index in [-0.39, 0.29) is 38.3 Å². The van der Waals surface area contributed by atoms with Gasteiger partial charge >= 0.3 is 0 Å². The number of allylic oxidation sites excluding steroid dienone is 1. The molecule has 0 bridgehead atoms. The van der Waals surface area contributed by atoms with Crippen LogP contribution < -0.4 is 0 Å². The average Bonchev–Trinajstić information content (AvgIpc) is 4.30. The molecule has 0 radical (unpaired) electrons. The van der Waals surface area contributed by atoms with Crippen LogP contribution in [0.25, 0.3) is 73.4 Å². The molecule has 0 saturated heterocycles. The number of carbonyl (C=O) groups excluding carboxylic acids is 1. The number of rotatable bonds is 11. The van der Waals surface area contributed by atoms with E-state index in [2.05, 4.69) is 190 Å². The van der Waals surface area contributed by atoms with Crippen LogP contribution in [0.5, 0.6) is 0 Å². The van der Waals surface area contributed by atoms with Gasteiger partial charge in [-0.1, -0.05) is 159 Å². The molecule has 3 heterocycles. The quantitative estimate of drug-likeness (QED) is 0.118. The second-order valence-electron chi connectivity index (χ2n) is 24.5. The summed E-state index contributed by atoms with van der Waals surface area (Å²) in [6, 6.07) is 48.1. The maximum Gasteiger partial charge on any atom is 0.162 e. The van der Waals surface area contributed by atoms with Crippen molar-refractivity contribution in [2.75, 3.05) is 0 Å². The minimum atomic E-state index is -0.157. The summed E-state index contributed by atoms with van der Waals surface area (Å²) in [5.41, 5.74) is 20.6. The molecular weight excluding hydrogens is 953 g/mol. The number of hydrogen-bond acceptors (Lipinski definition) is 4. The standard InChI is InChI=1S/C70H74OS3/c1-12-67(13-2)34-17-35-68(14-3,15-4)70(67)54-36-44(7)18-26-50(54)53-29-25-49(40-57(53)70)62-42-64-63(74-62)41-61(73-64)48-24-28-52-51-27-23-47(38-55(51)69(56(52)39-48)65(8,9)32-16-33-66(69,10)11)60-31-30-59(72-60)46-21-19-45(20-22-46)37-58(71)43(5)6/h18-31,36,38-42H,5,12-17,32-35,37H2,1-4,6-11H3. The van der Waals surface area contributed by atoms with E-state index in [9.17, 15) is 4.79 Å². The summed E-state index contributed by atoms with van der Waals surface area (Å²) >= 11 is 5.83. The Morgan fingerprint density at radius 3 is 1.35 bits per heavy atom. The largest absolute Gasteiger partial charge is 0.294 e. The minimum absolute atomic E-state index is 0.00981. The van der Waals surface area contributed by atoms with Gasteiger partial charge in [0.1, 0.15) is 0 Å². The molecule has 2 fully saturated rings. The lowest BCUT2D eigenvalue weighted by Crippen LogP contribution is -2.59. The van der Waals surface area contributed by atoms with Crippen LogP contribution in [0.1, 0.15) is 160 Å². The lowest BCUT2D eigenvalue weighted by molar-refractivity contribution is -0.114. The fourth-order valence-corrected chi connectivity index (χ4v) is 20.3. The summed E-state index contributed by atoms with van der Waals surface area (Å²) in [6.45, 7) is 28.2. The van der Waals surface area contributed by atoms with Gasteiger partial charge in [-0.05, 0) is 207 Å². The molecule has 12 rings (SSSR count). The first-order valence-electron chi connectivity index (χ1n) is 28.0. The van der Waals surface area contributed by atoms with Gasteiger partial charge in [-0.15, -0.1) is 34.0 Å². The monoisotopic (exact) mass is 1030 g/mol. The van der Waals surface area contributed by atoms with E-state index in [1.54, 1.807) is 18.1 Å². The van der Waals surface area contributed by atoms with E-state index < -0.39 is 0 Å². The normalized spacial score (nSPS) is 18.8. The highest BCUT2D eigenvalue weighted by Crippen LogP contribution is 2.74. The highest BCUT2D eigenvalue weighted by molar-refractivity contribution is 7.31. The van der Waals surface area contributed by atoms with Crippen LogP contribution in [-0.2, 0) is 22.0 Å². The topological polar surface area (TPSA) is 17.1 Å². The van der Waals surface area contributed by atoms with Crippen LogP contribution in [0, 0.1) is 28.6 Å². The first-order chi connectivity index (χ1) is 35.5. The molecule has 4 heteroatoms. The van der Waals surface area contributed by atoms with Crippen molar-refractivity contribution in [1.82, 2.24) is 0 Å². The van der Waals surface area contributed by atoms with E-state index in [0.717, 1.165) is 5.56 Å². The summed E-state index contributed by atoms with van der Waals surface area (Å²) < 4.78 is 2.79. The molecule has 1 nitrogen and oxygen atoms in total. The Kier molecular flexibility index (Phi) is 11.9. The molecule has 0 aliphatic heterocycles. The molecule has 0 N–H and O–H groups in total. The molecule has 5 aromatic carbocycles. The Bertz CT molecular complexity index is 3480. The zero-order valence-corrected chi connectivity index (χ0v) is 48.1. The summed E-state index contributed by atoms with van der Waals surface area (Å²) in [4.78, 5) is 17.7. The van der Waals surface area contributed by atoms with Crippen molar-refractivity contribution in [2.45, 2.75) is 151 Å². The highest BCUT2D eigenvalue weighted by Gasteiger charge is 2.66. The Balaban J connectivity index is 0.913. The minimum Gasteiger partial charge on any atom is -0.294 e. The smallest absolute Gasteiger partial charge is 0.162 e.